The van der Waals surface area contributed by atoms with Crippen LogP contribution in [0.25, 0.3) is 16.7 Å². The molecular weight excluding hydrogens is 336 g/mol. The molecule has 0 unspecified atom stereocenters. The van der Waals surface area contributed by atoms with E-state index in [2.05, 4.69) is 25.3 Å². The molecule has 3 N–H and O–H groups in total. The molecule has 1 amide bonds. The number of nitrogens with one attached hydrogen (secondary N) is 3. The lowest BCUT2D eigenvalue weighted by molar-refractivity contribution is 0.0954. The van der Waals surface area contributed by atoms with Crippen LogP contribution in [0.4, 0.5) is 0 Å². The summed E-state index contributed by atoms with van der Waals surface area (Å²) in [4.78, 5) is 48.2. The Morgan fingerprint density at radius 2 is 2.12 bits per heavy atom. The highest BCUT2D eigenvalue weighted by Crippen LogP contribution is 2.06. The Balaban J connectivity index is 1.47. The second-order valence-electron chi connectivity index (χ2n) is 5.73. The summed E-state index contributed by atoms with van der Waals surface area (Å²) in [5.74, 6) is -0.353. The number of carbonyl (C=O) groups excluding carboxylic acids is 1. The first-order valence-electron chi connectivity index (χ1n) is 7.93. The zero-order valence-corrected chi connectivity index (χ0v) is 13.5. The van der Waals surface area contributed by atoms with Gasteiger partial charge in [-0.25, -0.2) is 14.8 Å². The number of imidazole rings is 1. The summed E-state index contributed by atoms with van der Waals surface area (Å²) in [6, 6.07) is 7.14. The molecule has 0 aliphatic carbocycles. The molecule has 4 aromatic rings. The summed E-state index contributed by atoms with van der Waals surface area (Å²) < 4.78 is 1.91. The summed E-state index contributed by atoms with van der Waals surface area (Å²) in [6.45, 7) is 0.392. The van der Waals surface area contributed by atoms with Crippen molar-refractivity contribution in [1.29, 1.82) is 0 Å². The van der Waals surface area contributed by atoms with E-state index in [1.54, 1.807) is 0 Å². The summed E-state index contributed by atoms with van der Waals surface area (Å²) >= 11 is 0. The molecule has 0 radical (unpaired) electrons. The lowest BCUT2D eigenvalue weighted by atomic mass is 10.2. The molecule has 0 aliphatic rings. The number of amides is 1. The highest BCUT2D eigenvalue weighted by atomic mass is 16.2. The van der Waals surface area contributed by atoms with Gasteiger partial charge in [-0.1, -0.05) is 6.07 Å². The van der Waals surface area contributed by atoms with Gasteiger partial charge in [-0.3, -0.25) is 19.6 Å². The maximum atomic E-state index is 12.3. The van der Waals surface area contributed by atoms with E-state index >= 15 is 0 Å². The van der Waals surface area contributed by atoms with E-state index in [-0.39, 0.29) is 22.5 Å². The first kappa shape index (κ1) is 15.8. The van der Waals surface area contributed by atoms with Crippen molar-refractivity contribution in [3.05, 3.63) is 75.0 Å². The van der Waals surface area contributed by atoms with E-state index in [1.807, 2.05) is 35.0 Å². The Morgan fingerprint density at radius 3 is 2.96 bits per heavy atom. The Morgan fingerprint density at radius 1 is 1.23 bits per heavy atom. The number of aromatic nitrogens is 5. The second-order valence-corrected chi connectivity index (χ2v) is 5.73. The Bertz CT molecular complexity index is 1200. The fraction of sp³-hybridized carbons (Fsp3) is 0.118. The van der Waals surface area contributed by atoms with Crippen LogP contribution in [-0.2, 0) is 6.42 Å². The van der Waals surface area contributed by atoms with Gasteiger partial charge in [0.2, 0.25) is 0 Å². The molecule has 130 valence electrons. The van der Waals surface area contributed by atoms with Gasteiger partial charge in [0.05, 0.1) is 16.6 Å². The summed E-state index contributed by atoms with van der Waals surface area (Å²) in [7, 11) is 0. The van der Waals surface area contributed by atoms with Gasteiger partial charge >= 0.3 is 5.69 Å². The van der Waals surface area contributed by atoms with Crippen molar-refractivity contribution in [3.63, 3.8) is 0 Å². The average Bonchev–Trinajstić information content (AvgIpc) is 3.04. The standard InChI is InChI=1S/C17H14N6O3/c24-15(10-7-12-14(19-8-10)21-17(26)22-16(12)25)18-5-4-11-9-23-6-2-1-3-13(23)20-11/h1-3,6-9H,4-5H2,(H,18,24)(H2,19,21,22,25,26). The highest BCUT2D eigenvalue weighted by molar-refractivity contribution is 5.96. The molecule has 9 heteroatoms. The van der Waals surface area contributed by atoms with Crippen molar-refractivity contribution < 1.29 is 4.79 Å². The second kappa shape index (κ2) is 6.28. The van der Waals surface area contributed by atoms with Crippen LogP contribution in [0.15, 0.2) is 52.4 Å². The van der Waals surface area contributed by atoms with Crippen LogP contribution in [-0.4, -0.2) is 36.8 Å². The third kappa shape index (κ3) is 2.97. The molecule has 4 heterocycles. The number of rotatable bonds is 4. The molecule has 4 aromatic heterocycles. The maximum absolute atomic E-state index is 12.3. The first-order valence-corrected chi connectivity index (χ1v) is 7.93. The van der Waals surface area contributed by atoms with Crippen LogP contribution < -0.4 is 16.6 Å². The number of carbonyl (C=O) groups is 1. The number of H-pyrrole nitrogens is 2. The lowest BCUT2D eigenvalue weighted by Gasteiger charge is -2.04. The molecule has 9 nitrogen and oxygen atoms in total. The Labute approximate surface area is 145 Å². The van der Waals surface area contributed by atoms with E-state index in [1.165, 1.54) is 12.3 Å². The fourth-order valence-electron chi connectivity index (χ4n) is 2.68. The molecule has 0 aromatic carbocycles. The van der Waals surface area contributed by atoms with Crippen LogP contribution in [0.5, 0.6) is 0 Å². The van der Waals surface area contributed by atoms with Crippen LogP contribution in [0.1, 0.15) is 16.1 Å². The van der Waals surface area contributed by atoms with E-state index in [0.29, 0.717) is 13.0 Å². The minimum atomic E-state index is -0.639. The number of pyridine rings is 2. The predicted molar refractivity (Wildman–Crippen MR) is 94.2 cm³/mol. The Hall–Kier alpha value is -3.75. The number of fused-ring (bicyclic) bond motifs is 2. The van der Waals surface area contributed by atoms with Crippen molar-refractivity contribution in [2.75, 3.05) is 6.54 Å². The molecule has 0 atom stereocenters. The number of hydrogen-bond acceptors (Lipinski definition) is 5. The molecule has 0 bridgehead atoms. The van der Waals surface area contributed by atoms with Gasteiger partial charge in [0.1, 0.15) is 11.3 Å². The third-order valence-corrected chi connectivity index (χ3v) is 3.93. The average molecular weight is 350 g/mol. The van der Waals surface area contributed by atoms with E-state index in [4.69, 9.17) is 0 Å². The summed E-state index contributed by atoms with van der Waals surface area (Å²) in [6.07, 6.45) is 5.71. The number of nitrogens with zero attached hydrogens (tertiary/aromatic N) is 3. The van der Waals surface area contributed by atoms with Crippen molar-refractivity contribution in [3.8, 4) is 0 Å². The zero-order valence-electron chi connectivity index (χ0n) is 13.5. The van der Waals surface area contributed by atoms with Crippen LogP contribution >= 0.6 is 0 Å². The predicted octanol–water partition coefficient (Wildman–Crippen LogP) is 0.232. The monoisotopic (exact) mass is 350 g/mol. The highest BCUT2D eigenvalue weighted by Gasteiger charge is 2.10. The van der Waals surface area contributed by atoms with Gasteiger partial charge in [-0.15, -0.1) is 0 Å². The first-order chi connectivity index (χ1) is 12.6. The molecule has 0 aliphatic heterocycles. The molecule has 0 fully saturated rings. The Kier molecular flexibility index (Phi) is 3.81. The van der Waals surface area contributed by atoms with Gasteiger partial charge in [-0.05, 0) is 18.2 Å². The third-order valence-electron chi connectivity index (χ3n) is 3.93. The molecule has 26 heavy (non-hydrogen) atoms. The van der Waals surface area contributed by atoms with Crippen molar-refractivity contribution >= 4 is 22.6 Å². The smallest absolute Gasteiger partial charge is 0.327 e. The summed E-state index contributed by atoms with van der Waals surface area (Å²) in [5, 5.41) is 2.93. The van der Waals surface area contributed by atoms with E-state index in [0.717, 1.165) is 11.3 Å². The van der Waals surface area contributed by atoms with Gasteiger partial charge in [0, 0.05) is 31.6 Å². The number of aromatic amines is 2. The van der Waals surface area contributed by atoms with E-state index < -0.39 is 11.2 Å². The van der Waals surface area contributed by atoms with Gasteiger partial charge in [0.15, 0.2) is 0 Å². The van der Waals surface area contributed by atoms with Crippen molar-refractivity contribution in [2.24, 2.45) is 0 Å². The van der Waals surface area contributed by atoms with Gasteiger partial charge in [-0.2, -0.15) is 0 Å². The summed E-state index contributed by atoms with van der Waals surface area (Å²) in [5.41, 5.74) is 0.864. The van der Waals surface area contributed by atoms with Crippen molar-refractivity contribution in [1.82, 2.24) is 29.7 Å². The van der Waals surface area contributed by atoms with Crippen LogP contribution in [0.3, 0.4) is 0 Å². The van der Waals surface area contributed by atoms with Gasteiger partial charge in [0.25, 0.3) is 11.5 Å². The van der Waals surface area contributed by atoms with Gasteiger partial charge < -0.3 is 9.72 Å². The SMILES string of the molecule is O=C(NCCc1cn2ccccc2n1)c1cnc2[nH]c(=O)[nH]c(=O)c2c1. The number of hydrogen-bond donors (Lipinski definition) is 3. The largest absolute Gasteiger partial charge is 0.352 e. The maximum Gasteiger partial charge on any atom is 0.327 e. The quantitative estimate of drug-likeness (QED) is 0.486. The van der Waals surface area contributed by atoms with E-state index in [9.17, 15) is 14.4 Å². The fourth-order valence-corrected chi connectivity index (χ4v) is 2.68. The molecule has 0 spiro atoms. The molecule has 0 saturated carbocycles. The molecular formula is C17H14N6O3. The van der Waals surface area contributed by atoms with Crippen LogP contribution in [0.2, 0.25) is 0 Å². The van der Waals surface area contributed by atoms with Crippen LogP contribution in [0, 0.1) is 0 Å². The van der Waals surface area contributed by atoms with Crippen molar-refractivity contribution in [2.45, 2.75) is 6.42 Å². The topological polar surface area (TPSA) is 125 Å². The molecule has 0 saturated heterocycles. The minimum absolute atomic E-state index is 0.139. The molecule has 4 rings (SSSR count). The normalized spacial score (nSPS) is 11.1. The minimum Gasteiger partial charge on any atom is -0.352 e. The lowest BCUT2D eigenvalue weighted by Crippen LogP contribution is -2.27. The zero-order chi connectivity index (χ0) is 18.1.